The molecule has 4 rings (SSSR count). The first-order chi connectivity index (χ1) is 16.4. The fourth-order valence-corrected chi connectivity index (χ4v) is 4.75. The summed E-state index contributed by atoms with van der Waals surface area (Å²) in [5.41, 5.74) is 3.71. The Bertz CT molecular complexity index is 1180. The second-order valence-corrected chi connectivity index (χ2v) is 9.11. The van der Waals surface area contributed by atoms with Crippen LogP contribution in [0.3, 0.4) is 0 Å². The molecule has 0 radical (unpaired) electrons. The van der Waals surface area contributed by atoms with Crippen LogP contribution in [0.1, 0.15) is 34.0 Å². The van der Waals surface area contributed by atoms with Crippen molar-refractivity contribution in [3.05, 3.63) is 76.1 Å². The summed E-state index contributed by atoms with van der Waals surface area (Å²) in [4.78, 5) is 22.0. The van der Waals surface area contributed by atoms with Gasteiger partial charge >= 0.3 is 0 Å². The normalized spacial score (nSPS) is 13.3. The zero-order valence-electron chi connectivity index (χ0n) is 21.2. The van der Waals surface area contributed by atoms with Crippen molar-refractivity contribution in [2.45, 2.75) is 27.2 Å². The van der Waals surface area contributed by atoms with Crippen LogP contribution in [0.4, 0.5) is 10.1 Å². The summed E-state index contributed by atoms with van der Waals surface area (Å²) in [6, 6.07) is 12.6. The largest absolute Gasteiger partial charge is 0.369 e. The van der Waals surface area contributed by atoms with Crippen LogP contribution in [0.15, 0.2) is 42.5 Å². The molecular formula is C26H34Cl4FN5O. The minimum absolute atomic E-state index is 0. The predicted molar refractivity (Wildman–Crippen MR) is 157 cm³/mol. The molecule has 1 saturated heterocycles. The molecule has 11 heteroatoms. The Balaban J connectivity index is 0.00000228. The fourth-order valence-electron chi connectivity index (χ4n) is 4.58. The number of para-hydroxylation sites is 1. The van der Waals surface area contributed by atoms with Gasteiger partial charge in [0.05, 0.1) is 11.4 Å². The van der Waals surface area contributed by atoms with Crippen LogP contribution < -0.4 is 10.2 Å². The van der Waals surface area contributed by atoms with Gasteiger partial charge in [-0.25, -0.2) is 9.37 Å². The number of carbonyl (C=O) groups excluding carboxylic acids is 1. The summed E-state index contributed by atoms with van der Waals surface area (Å²) in [5, 5.41) is 3.78. The van der Waals surface area contributed by atoms with E-state index in [1.807, 2.05) is 12.1 Å². The van der Waals surface area contributed by atoms with Gasteiger partial charge in [-0.2, -0.15) is 0 Å². The maximum atomic E-state index is 14.3. The number of nitrogens with one attached hydrogen (secondary N) is 1. The molecule has 1 aliphatic rings. The van der Waals surface area contributed by atoms with Crippen LogP contribution in [0.5, 0.6) is 0 Å². The third kappa shape index (κ3) is 7.52. The van der Waals surface area contributed by atoms with Gasteiger partial charge in [-0.3, -0.25) is 14.3 Å². The van der Waals surface area contributed by atoms with Crippen LogP contribution in [-0.2, 0) is 0 Å². The second-order valence-electron chi connectivity index (χ2n) is 8.70. The standard InChI is InChI=1S/C26H31ClFN5O.3ClH/c1-18-21(27)8-6-11-23(18)32-16-14-31(15-17-32)13-7-12-29-26(34)25-19(2)33(20(3)30-25)24-10-5-4-9-22(24)28;;;/h4-6,8-11H,7,12-17H2,1-3H3,(H,29,34);3*1H. The van der Waals surface area contributed by atoms with Crippen LogP contribution in [0.25, 0.3) is 5.69 Å². The summed E-state index contributed by atoms with van der Waals surface area (Å²) in [6.07, 6.45) is 0.855. The molecule has 0 saturated carbocycles. The number of aryl methyl sites for hydroxylation is 1. The van der Waals surface area contributed by atoms with E-state index in [0.717, 1.165) is 49.7 Å². The van der Waals surface area contributed by atoms with E-state index < -0.39 is 0 Å². The lowest BCUT2D eigenvalue weighted by molar-refractivity contribution is 0.0946. The zero-order chi connectivity index (χ0) is 24.2. The highest BCUT2D eigenvalue weighted by Crippen LogP contribution is 2.27. The van der Waals surface area contributed by atoms with Crippen LogP contribution >= 0.6 is 48.8 Å². The van der Waals surface area contributed by atoms with E-state index in [4.69, 9.17) is 11.6 Å². The minimum Gasteiger partial charge on any atom is -0.369 e. The number of hydrogen-bond donors (Lipinski definition) is 1. The highest BCUT2D eigenvalue weighted by atomic mass is 35.5. The van der Waals surface area contributed by atoms with Crippen molar-refractivity contribution in [1.29, 1.82) is 0 Å². The quantitative estimate of drug-likeness (QED) is 0.352. The van der Waals surface area contributed by atoms with E-state index in [2.05, 4.69) is 33.1 Å². The number of nitrogens with zero attached hydrogens (tertiary/aromatic N) is 4. The first kappa shape index (κ1) is 33.0. The van der Waals surface area contributed by atoms with E-state index in [1.54, 1.807) is 36.6 Å². The van der Waals surface area contributed by atoms with Crippen molar-refractivity contribution in [2.24, 2.45) is 0 Å². The Morgan fingerprint density at radius 1 is 0.973 bits per heavy atom. The third-order valence-corrected chi connectivity index (χ3v) is 6.88. The number of amides is 1. The Morgan fingerprint density at radius 2 is 1.62 bits per heavy atom. The predicted octanol–water partition coefficient (Wildman–Crippen LogP) is 5.80. The van der Waals surface area contributed by atoms with Crippen molar-refractivity contribution in [1.82, 2.24) is 19.8 Å². The molecular weight excluding hydrogens is 559 g/mol. The number of piperazine rings is 1. The zero-order valence-corrected chi connectivity index (χ0v) is 24.4. The number of rotatable bonds is 7. The van der Waals surface area contributed by atoms with E-state index in [0.29, 0.717) is 29.4 Å². The molecule has 3 aromatic rings. The molecule has 204 valence electrons. The Labute approximate surface area is 241 Å². The molecule has 2 heterocycles. The molecule has 0 atom stereocenters. The molecule has 6 nitrogen and oxygen atoms in total. The van der Waals surface area contributed by atoms with Gasteiger partial charge in [-0.15, -0.1) is 37.2 Å². The third-order valence-electron chi connectivity index (χ3n) is 6.47. The van der Waals surface area contributed by atoms with Crippen LogP contribution in [0, 0.1) is 26.6 Å². The molecule has 0 spiro atoms. The van der Waals surface area contributed by atoms with Gasteiger partial charge in [0.2, 0.25) is 0 Å². The monoisotopic (exact) mass is 591 g/mol. The number of imidazole rings is 1. The molecule has 1 aromatic heterocycles. The molecule has 1 aliphatic heterocycles. The highest BCUT2D eigenvalue weighted by Gasteiger charge is 2.21. The first-order valence-corrected chi connectivity index (χ1v) is 12.1. The van der Waals surface area contributed by atoms with Gasteiger partial charge in [-0.05, 0) is 63.6 Å². The molecule has 0 unspecified atom stereocenters. The van der Waals surface area contributed by atoms with E-state index in [-0.39, 0.29) is 48.9 Å². The van der Waals surface area contributed by atoms with E-state index in [9.17, 15) is 9.18 Å². The van der Waals surface area contributed by atoms with Crippen molar-refractivity contribution in [3.63, 3.8) is 0 Å². The van der Waals surface area contributed by atoms with Gasteiger partial charge in [0.25, 0.3) is 5.91 Å². The van der Waals surface area contributed by atoms with Crippen LogP contribution in [0.2, 0.25) is 5.02 Å². The fraction of sp³-hybridized carbons (Fsp3) is 0.385. The second kappa shape index (κ2) is 14.8. The summed E-state index contributed by atoms with van der Waals surface area (Å²) in [5.74, 6) is 0.0150. The lowest BCUT2D eigenvalue weighted by Crippen LogP contribution is -2.47. The maximum Gasteiger partial charge on any atom is 0.271 e. The average molecular weight is 593 g/mol. The summed E-state index contributed by atoms with van der Waals surface area (Å²) in [7, 11) is 0. The van der Waals surface area contributed by atoms with Crippen LogP contribution in [-0.4, -0.2) is 59.6 Å². The number of carbonyl (C=O) groups is 1. The topological polar surface area (TPSA) is 53.4 Å². The smallest absolute Gasteiger partial charge is 0.271 e. The lowest BCUT2D eigenvalue weighted by atomic mass is 10.1. The number of aromatic nitrogens is 2. The number of benzene rings is 2. The molecule has 1 N–H and O–H groups in total. The first-order valence-electron chi connectivity index (χ1n) is 11.7. The summed E-state index contributed by atoms with van der Waals surface area (Å²) in [6.45, 7) is 11.0. The van der Waals surface area contributed by atoms with Gasteiger partial charge in [0.1, 0.15) is 17.3 Å². The molecule has 2 aromatic carbocycles. The Kier molecular flexibility index (Phi) is 13.2. The minimum atomic E-state index is -0.344. The SMILES string of the molecule is Cc1c(Cl)cccc1N1CCN(CCCNC(=O)c2nc(C)n(-c3ccccc3F)c2C)CC1.Cl.Cl.Cl. The van der Waals surface area contributed by atoms with E-state index in [1.165, 1.54) is 11.8 Å². The summed E-state index contributed by atoms with van der Waals surface area (Å²) < 4.78 is 16.0. The molecule has 1 fully saturated rings. The van der Waals surface area contributed by atoms with Gasteiger partial charge in [-0.1, -0.05) is 29.8 Å². The Morgan fingerprint density at radius 3 is 2.30 bits per heavy atom. The molecule has 37 heavy (non-hydrogen) atoms. The van der Waals surface area contributed by atoms with Crippen molar-refractivity contribution in [2.75, 3.05) is 44.2 Å². The molecule has 0 aliphatic carbocycles. The Hall–Kier alpha value is -2.03. The summed E-state index contributed by atoms with van der Waals surface area (Å²) >= 11 is 6.28. The van der Waals surface area contributed by atoms with Gasteiger partial charge in [0, 0.05) is 43.4 Å². The molecule has 0 bridgehead atoms. The number of halogens is 5. The van der Waals surface area contributed by atoms with Crippen molar-refractivity contribution in [3.8, 4) is 5.69 Å². The van der Waals surface area contributed by atoms with E-state index >= 15 is 0 Å². The lowest BCUT2D eigenvalue weighted by Gasteiger charge is -2.37. The van der Waals surface area contributed by atoms with Crippen molar-refractivity contribution < 1.29 is 9.18 Å². The maximum absolute atomic E-state index is 14.3. The average Bonchev–Trinajstić information content (AvgIpc) is 3.13. The molecule has 1 amide bonds. The number of anilines is 1. The van der Waals surface area contributed by atoms with Crippen molar-refractivity contribution >= 4 is 60.4 Å². The van der Waals surface area contributed by atoms with Gasteiger partial charge < -0.3 is 10.2 Å². The van der Waals surface area contributed by atoms with Gasteiger partial charge in [0.15, 0.2) is 0 Å². The number of hydrogen-bond acceptors (Lipinski definition) is 4. The highest BCUT2D eigenvalue weighted by molar-refractivity contribution is 6.31.